The number of benzene rings is 1. The number of rotatable bonds is 7. The molecular formula is C15H19ClN2O4. The molecule has 0 saturated heterocycles. The highest BCUT2D eigenvalue weighted by molar-refractivity contribution is 6.33. The van der Waals surface area contributed by atoms with Crippen molar-refractivity contribution in [3.8, 4) is 0 Å². The number of carbonyl (C=O) groups excluding carboxylic acids is 3. The topological polar surface area (TPSA) is 75.7 Å². The van der Waals surface area contributed by atoms with Crippen LogP contribution in [-0.2, 0) is 19.1 Å². The van der Waals surface area contributed by atoms with Crippen LogP contribution in [0.2, 0.25) is 5.02 Å². The van der Waals surface area contributed by atoms with Gasteiger partial charge in [-0.05, 0) is 18.6 Å². The zero-order chi connectivity index (χ0) is 16.5. The van der Waals surface area contributed by atoms with Crippen molar-refractivity contribution in [3.63, 3.8) is 0 Å². The maximum atomic E-state index is 11.8. The molecule has 0 aliphatic rings. The van der Waals surface area contributed by atoms with Gasteiger partial charge in [0.05, 0.1) is 17.3 Å². The number of amides is 2. The van der Waals surface area contributed by atoms with Gasteiger partial charge < -0.3 is 15.0 Å². The van der Waals surface area contributed by atoms with Crippen molar-refractivity contribution in [3.05, 3.63) is 29.3 Å². The Balaban J connectivity index is 2.42. The van der Waals surface area contributed by atoms with Crippen molar-refractivity contribution in [2.24, 2.45) is 0 Å². The molecule has 1 N–H and O–H groups in total. The molecule has 0 aliphatic carbocycles. The van der Waals surface area contributed by atoms with Gasteiger partial charge in [-0.15, -0.1) is 0 Å². The third-order valence-corrected chi connectivity index (χ3v) is 3.09. The van der Waals surface area contributed by atoms with Crippen LogP contribution >= 0.6 is 11.6 Å². The van der Waals surface area contributed by atoms with E-state index < -0.39 is 11.9 Å². The highest BCUT2D eigenvalue weighted by Crippen LogP contribution is 2.20. The van der Waals surface area contributed by atoms with Gasteiger partial charge in [0, 0.05) is 13.5 Å². The highest BCUT2D eigenvalue weighted by Gasteiger charge is 2.15. The van der Waals surface area contributed by atoms with Gasteiger partial charge in [-0.25, -0.2) is 0 Å². The summed E-state index contributed by atoms with van der Waals surface area (Å²) in [5, 5.41) is 3.02. The van der Waals surface area contributed by atoms with Crippen LogP contribution in [0.3, 0.4) is 0 Å². The normalized spacial score (nSPS) is 9.95. The Morgan fingerprint density at radius 2 is 1.95 bits per heavy atom. The first kappa shape index (κ1) is 18.0. The first-order valence-electron chi connectivity index (χ1n) is 6.88. The van der Waals surface area contributed by atoms with Crippen LogP contribution in [0.25, 0.3) is 0 Å². The lowest BCUT2D eigenvalue weighted by atomic mass is 10.3. The van der Waals surface area contributed by atoms with Gasteiger partial charge in [0.2, 0.25) is 5.91 Å². The van der Waals surface area contributed by atoms with Crippen LogP contribution in [0.15, 0.2) is 24.3 Å². The van der Waals surface area contributed by atoms with E-state index in [1.165, 1.54) is 11.9 Å². The van der Waals surface area contributed by atoms with Crippen LogP contribution in [0.4, 0.5) is 5.69 Å². The van der Waals surface area contributed by atoms with Gasteiger partial charge in [-0.3, -0.25) is 14.4 Å². The van der Waals surface area contributed by atoms with E-state index in [-0.39, 0.29) is 25.5 Å². The molecule has 0 bridgehead atoms. The molecule has 6 nitrogen and oxygen atoms in total. The molecule has 0 fully saturated rings. The predicted molar refractivity (Wildman–Crippen MR) is 83.6 cm³/mol. The second-order valence-electron chi connectivity index (χ2n) is 4.69. The van der Waals surface area contributed by atoms with Crippen LogP contribution < -0.4 is 5.32 Å². The summed E-state index contributed by atoms with van der Waals surface area (Å²) < 4.78 is 4.80. The summed E-state index contributed by atoms with van der Waals surface area (Å²) in [6.45, 7) is 1.32. The summed E-state index contributed by atoms with van der Waals surface area (Å²) in [6.07, 6.45) is 0.924. The molecule has 0 atom stereocenters. The molecule has 0 radical (unpaired) electrons. The number of hydrogen-bond acceptors (Lipinski definition) is 4. The lowest BCUT2D eigenvalue weighted by Crippen LogP contribution is -2.37. The maximum Gasteiger partial charge on any atom is 0.306 e. The molecule has 7 heteroatoms. The van der Waals surface area contributed by atoms with Gasteiger partial charge in [0.25, 0.3) is 5.91 Å². The molecule has 22 heavy (non-hydrogen) atoms. The Morgan fingerprint density at radius 3 is 2.59 bits per heavy atom. The van der Waals surface area contributed by atoms with Crippen molar-refractivity contribution in [2.75, 3.05) is 25.5 Å². The van der Waals surface area contributed by atoms with Gasteiger partial charge >= 0.3 is 5.97 Å². The number of anilines is 1. The summed E-state index contributed by atoms with van der Waals surface area (Å²) in [5.41, 5.74) is 0.476. The molecule has 0 heterocycles. The van der Waals surface area contributed by atoms with Crippen molar-refractivity contribution in [2.45, 2.75) is 19.8 Å². The molecule has 0 aliphatic heterocycles. The number of carbonyl (C=O) groups is 3. The standard InChI is InChI=1S/C15H19ClN2O4/c1-3-6-15(21)22-10-14(20)18(2)9-13(19)17-12-8-5-4-7-11(12)16/h4-5,7-8H,3,6,9-10H2,1-2H3,(H,17,19). The number of nitrogens with one attached hydrogen (secondary N) is 1. The first-order valence-corrected chi connectivity index (χ1v) is 7.25. The minimum Gasteiger partial charge on any atom is -0.456 e. The second kappa shape index (κ2) is 9.04. The summed E-state index contributed by atoms with van der Waals surface area (Å²) in [7, 11) is 1.46. The van der Waals surface area contributed by atoms with Crippen LogP contribution in [0.1, 0.15) is 19.8 Å². The molecule has 1 aromatic carbocycles. The largest absolute Gasteiger partial charge is 0.456 e. The molecule has 0 spiro atoms. The molecule has 0 unspecified atom stereocenters. The van der Waals surface area contributed by atoms with Gasteiger partial charge in [-0.1, -0.05) is 30.7 Å². The van der Waals surface area contributed by atoms with Gasteiger partial charge in [-0.2, -0.15) is 0 Å². The van der Waals surface area contributed by atoms with Crippen LogP contribution in [-0.4, -0.2) is 42.9 Å². The monoisotopic (exact) mass is 326 g/mol. The lowest BCUT2D eigenvalue weighted by molar-refractivity contribution is -0.151. The fourth-order valence-corrected chi connectivity index (χ4v) is 1.77. The maximum absolute atomic E-state index is 11.8. The van der Waals surface area contributed by atoms with Crippen LogP contribution in [0.5, 0.6) is 0 Å². The molecular weight excluding hydrogens is 308 g/mol. The Morgan fingerprint density at radius 1 is 1.27 bits per heavy atom. The SMILES string of the molecule is CCCC(=O)OCC(=O)N(C)CC(=O)Nc1ccccc1Cl. The smallest absolute Gasteiger partial charge is 0.306 e. The number of nitrogens with zero attached hydrogens (tertiary/aromatic N) is 1. The summed E-state index contributed by atoms with van der Waals surface area (Å²) in [4.78, 5) is 36.0. The van der Waals surface area contributed by atoms with Crippen molar-refractivity contribution >= 4 is 35.1 Å². The average molecular weight is 327 g/mol. The number of esters is 1. The lowest BCUT2D eigenvalue weighted by Gasteiger charge is -2.17. The summed E-state index contributed by atoms with van der Waals surface area (Å²) in [6, 6.07) is 6.80. The number of ether oxygens (including phenoxy) is 1. The first-order chi connectivity index (χ1) is 10.4. The number of hydrogen-bond donors (Lipinski definition) is 1. The van der Waals surface area contributed by atoms with E-state index in [1.807, 2.05) is 6.92 Å². The molecule has 1 aromatic rings. The minimum absolute atomic E-state index is 0.157. The van der Waals surface area contributed by atoms with Crippen molar-refractivity contribution in [1.82, 2.24) is 4.90 Å². The second-order valence-corrected chi connectivity index (χ2v) is 5.10. The average Bonchev–Trinajstić information content (AvgIpc) is 2.47. The zero-order valence-electron chi connectivity index (χ0n) is 12.6. The van der Waals surface area contributed by atoms with E-state index in [0.29, 0.717) is 17.1 Å². The van der Waals surface area contributed by atoms with Gasteiger partial charge in [0.15, 0.2) is 6.61 Å². The quantitative estimate of drug-likeness (QED) is 0.778. The van der Waals surface area contributed by atoms with E-state index in [9.17, 15) is 14.4 Å². The predicted octanol–water partition coefficient (Wildman–Crippen LogP) is 2.08. The Bertz CT molecular complexity index is 548. The van der Waals surface area contributed by atoms with E-state index >= 15 is 0 Å². The van der Waals surface area contributed by atoms with Crippen molar-refractivity contribution < 1.29 is 19.1 Å². The van der Waals surface area contributed by atoms with E-state index in [4.69, 9.17) is 16.3 Å². The third kappa shape index (κ3) is 6.13. The zero-order valence-corrected chi connectivity index (χ0v) is 13.4. The molecule has 0 aromatic heterocycles. The Kier molecular flexibility index (Phi) is 7.39. The number of likely N-dealkylation sites (N-methyl/N-ethyl adjacent to an activating group) is 1. The summed E-state index contributed by atoms with van der Waals surface area (Å²) in [5.74, 6) is -1.26. The molecule has 120 valence electrons. The molecule has 2 amide bonds. The van der Waals surface area contributed by atoms with E-state index in [0.717, 1.165) is 0 Å². The third-order valence-electron chi connectivity index (χ3n) is 2.77. The van der Waals surface area contributed by atoms with Gasteiger partial charge in [0.1, 0.15) is 0 Å². The Hall–Kier alpha value is -2.08. The number of para-hydroxylation sites is 1. The van der Waals surface area contributed by atoms with E-state index in [1.54, 1.807) is 24.3 Å². The molecule has 1 rings (SSSR count). The Labute approximate surface area is 134 Å². The fraction of sp³-hybridized carbons (Fsp3) is 0.400. The van der Waals surface area contributed by atoms with Crippen molar-refractivity contribution in [1.29, 1.82) is 0 Å². The van der Waals surface area contributed by atoms with E-state index in [2.05, 4.69) is 5.32 Å². The van der Waals surface area contributed by atoms with Crippen LogP contribution in [0, 0.1) is 0 Å². The minimum atomic E-state index is -0.446. The fourth-order valence-electron chi connectivity index (χ4n) is 1.58. The highest BCUT2D eigenvalue weighted by atomic mass is 35.5. The summed E-state index contributed by atoms with van der Waals surface area (Å²) >= 11 is 5.93. The molecule has 0 saturated carbocycles. The number of halogens is 1.